The summed E-state index contributed by atoms with van der Waals surface area (Å²) in [5, 5.41) is 0.207. The van der Waals surface area contributed by atoms with E-state index in [2.05, 4.69) is 9.72 Å². The highest BCUT2D eigenvalue weighted by Gasteiger charge is 2.59. The normalized spacial score (nSPS) is 12.9. The lowest BCUT2D eigenvalue weighted by Gasteiger charge is -2.24. The zero-order chi connectivity index (χ0) is 15.8. The number of hydrogen-bond donors (Lipinski definition) is 1. The zero-order valence-electron chi connectivity index (χ0n) is 10.2. The van der Waals surface area contributed by atoms with Crippen LogP contribution < -0.4 is 10.5 Å². The molecule has 0 aliphatic heterocycles. The first kappa shape index (κ1) is 15.2. The predicted molar refractivity (Wildman–Crippen MR) is 62.7 cm³/mol. The number of nitrogens with two attached hydrogens (primary N) is 1. The summed E-state index contributed by atoms with van der Waals surface area (Å²) in [7, 11) is 0. The molecule has 9 heteroatoms. The van der Waals surface area contributed by atoms with E-state index in [9.17, 15) is 26.3 Å². The van der Waals surface area contributed by atoms with Crippen molar-refractivity contribution in [1.29, 1.82) is 0 Å². The van der Waals surface area contributed by atoms with Crippen LogP contribution in [0.25, 0.3) is 10.9 Å². The molecule has 0 bridgehead atoms. The lowest BCUT2D eigenvalue weighted by atomic mass is 10.1. The second-order valence-electron chi connectivity index (χ2n) is 4.13. The molecule has 0 unspecified atom stereocenters. The van der Waals surface area contributed by atoms with Crippen molar-refractivity contribution < 1.29 is 31.1 Å². The number of nitrogen functional groups attached to an aromatic ring is 1. The largest absolute Gasteiger partial charge is 0.469 e. The molecular weight excluding hydrogens is 302 g/mol. The van der Waals surface area contributed by atoms with Crippen LogP contribution in [0.2, 0.25) is 0 Å². The van der Waals surface area contributed by atoms with Crippen LogP contribution in [0, 0.1) is 0 Å². The van der Waals surface area contributed by atoms with Gasteiger partial charge in [-0.3, -0.25) is 4.98 Å². The standard InChI is InChI=1S/C12H8F6N2O/c13-11(14,15)10(12(16,17)18)21-8-4-3-7-6(9(8)19)2-1-5-20-7/h1-5,10H,19H2. The second-order valence-corrected chi connectivity index (χ2v) is 4.13. The van der Waals surface area contributed by atoms with Gasteiger partial charge in [0.05, 0.1) is 11.2 Å². The van der Waals surface area contributed by atoms with Crippen molar-refractivity contribution in [3.8, 4) is 5.75 Å². The monoisotopic (exact) mass is 310 g/mol. The van der Waals surface area contributed by atoms with Crippen LogP contribution >= 0.6 is 0 Å². The van der Waals surface area contributed by atoms with Crippen LogP contribution in [0.15, 0.2) is 30.5 Å². The molecule has 0 saturated carbocycles. The minimum absolute atomic E-state index is 0.207. The van der Waals surface area contributed by atoms with E-state index in [-0.39, 0.29) is 11.1 Å². The number of halogens is 6. The molecule has 0 aliphatic carbocycles. The Balaban J connectivity index is 2.45. The van der Waals surface area contributed by atoms with Gasteiger partial charge in [0.25, 0.3) is 6.10 Å². The first-order valence-corrected chi connectivity index (χ1v) is 5.54. The minimum atomic E-state index is -5.60. The summed E-state index contributed by atoms with van der Waals surface area (Å²) >= 11 is 0. The second kappa shape index (κ2) is 4.97. The molecule has 3 nitrogen and oxygen atoms in total. The van der Waals surface area contributed by atoms with Gasteiger partial charge in [0.15, 0.2) is 0 Å². The van der Waals surface area contributed by atoms with E-state index in [0.29, 0.717) is 5.52 Å². The van der Waals surface area contributed by atoms with Gasteiger partial charge in [-0.25, -0.2) is 0 Å². The number of hydrogen-bond acceptors (Lipinski definition) is 3. The highest BCUT2D eigenvalue weighted by atomic mass is 19.4. The molecule has 2 aromatic rings. The number of rotatable bonds is 2. The molecule has 2 rings (SSSR count). The summed E-state index contributed by atoms with van der Waals surface area (Å²) < 4.78 is 78.8. The highest BCUT2D eigenvalue weighted by molar-refractivity contribution is 5.93. The molecule has 21 heavy (non-hydrogen) atoms. The molecule has 0 atom stereocenters. The van der Waals surface area contributed by atoms with Crippen LogP contribution in [0.3, 0.4) is 0 Å². The Morgan fingerprint density at radius 1 is 1.00 bits per heavy atom. The third kappa shape index (κ3) is 3.11. The molecule has 0 fully saturated rings. The zero-order valence-corrected chi connectivity index (χ0v) is 10.2. The molecule has 1 aromatic heterocycles. The van der Waals surface area contributed by atoms with Gasteiger partial charge >= 0.3 is 12.4 Å². The van der Waals surface area contributed by atoms with Crippen molar-refractivity contribution in [3.63, 3.8) is 0 Å². The van der Waals surface area contributed by atoms with Gasteiger partial charge in [0.2, 0.25) is 0 Å². The van der Waals surface area contributed by atoms with Gasteiger partial charge in [-0.2, -0.15) is 26.3 Å². The fourth-order valence-corrected chi connectivity index (χ4v) is 1.70. The molecule has 0 spiro atoms. The van der Waals surface area contributed by atoms with E-state index >= 15 is 0 Å². The van der Waals surface area contributed by atoms with Gasteiger partial charge < -0.3 is 10.5 Å². The van der Waals surface area contributed by atoms with E-state index < -0.39 is 24.2 Å². The van der Waals surface area contributed by atoms with E-state index in [1.807, 2.05) is 0 Å². The fourth-order valence-electron chi connectivity index (χ4n) is 1.70. The smallest absolute Gasteiger partial charge is 0.434 e. The van der Waals surface area contributed by atoms with Crippen molar-refractivity contribution in [2.24, 2.45) is 0 Å². The third-order valence-corrected chi connectivity index (χ3v) is 2.63. The first-order chi connectivity index (χ1) is 9.60. The molecule has 0 aliphatic rings. The maximum atomic E-state index is 12.4. The van der Waals surface area contributed by atoms with Crippen LogP contribution in [0.4, 0.5) is 32.0 Å². The van der Waals surface area contributed by atoms with Crippen LogP contribution in [-0.2, 0) is 0 Å². The summed E-state index contributed by atoms with van der Waals surface area (Å²) in [5.41, 5.74) is 5.55. The average Bonchev–Trinajstić information content (AvgIpc) is 2.35. The number of anilines is 1. The van der Waals surface area contributed by atoms with Gasteiger partial charge in [0, 0.05) is 11.6 Å². The Morgan fingerprint density at radius 2 is 1.62 bits per heavy atom. The number of fused-ring (bicyclic) bond motifs is 1. The first-order valence-electron chi connectivity index (χ1n) is 5.54. The highest BCUT2D eigenvalue weighted by Crippen LogP contribution is 2.39. The fraction of sp³-hybridized carbons (Fsp3) is 0.250. The van der Waals surface area contributed by atoms with Gasteiger partial charge in [-0.1, -0.05) is 0 Å². The summed E-state index contributed by atoms with van der Waals surface area (Å²) in [6, 6.07) is 5.02. The van der Waals surface area contributed by atoms with Gasteiger partial charge in [-0.05, 0) is 24.3 Å². The molecule has 0 radical (unpaired) electrons. The molecule has 2 N–H and O–H groups in total. The Labute approximate surface area is 114 Å². The lowest BCUT2D eigenvalue weighted by molar-refractivity contribution is -0.299. The predicted octanol–water partition coefficient (Wildman–Crippen LogP) is 3.69. The topological polar surface area (TPSA) is 48.1 Å². The summed E-state index contributed by atoms with van der Waals surface area (Å²) in [5.74, 6) is -0.699. The van der Waals surface area contributed by atoms with E-state index in [1.54, 1.807) is 0 Å². The van der Waals surface area contributed by atoms with Crippen molar-refractivity contribution in [2.75, 3.05) is 5.73 Å². The molecule has 0 amide bonds. The maximum absolute atomic E-state index is 12.4. The third-order valence-electron chi connectivity index (χ3n) is 2.63. The molecular formula is C12H8F6N2O. The van der Waals surface area contributed by atoms with Crippen molar-refractivity contribution in [1.82, 2.24) is 4.98 Å². The van der Waals surface area contributed by atoms with Crippen LogP contribution in [0.1, 0.15) is 0 Å². The Hall–Kier alpha value is -2.19. The van der Waals surface area contributed by atoms with E-state index in [0.717, 1.165) is 6.07 Å². The lowest BCUT2D eigenvalue weighted by Crippen LogP contribution is -2.46. The van der Waals surface area contributed by atoms with E-state index in [4.69, 9.17) is 5.73 Å². The van der Waals surface area contributed by atoms with Crippen LogP contribution in [-0.4, -0.2) is 23.4 Å². The Kier molecular flexibility index (Phi) is 3.60. The number of nitrogens with zero attached hydrogens (tertiary/aromatic N) is 1. The Morgan fingerprint density at radius 3 is 2.19 bits per heavy atom. The minimum Gasteiger partial charge on any atom is -0.469 e. The number of aromatic nitrogens is 1. The molecule has 1 heterocycles. The Bertz CT molecular complexity index is 638. The number of alkyl halides is 6. The number of pyridine rings is 1. The van der Waals surface area contributed by atoms with Crippen molar-refractivity contribution in [2.45, 2.75) is 18.5 Å². The summed E-state index contributed by atoms with van der Waals surface area (Å²) in [4.78, 5) is 3.88. The van der Waals surface area contributed by atoms with Gasteiger partial charge in [-0.15, -0.1) is 0 Å². The van der Waals surface area contributed by atoms with Crippen molar-refractivity contribution >= 4 is 16.6 Å². The maximum Gasteiger partial charge on any atom is 0.434 e. The van der Waals surface area contributed by atoms with Crippen LogP contribution in [0.5, 0.6) is 5.75 Å². The van der Waals surface area contributed by atoms with E-state index in [1.165, 1.54) is 24.4 Å². The molecule has 0 saturated heterocycles. The SMILES string of the molecule is Nc1c(OC(C(F)(F)F)C(F)(F)F)ccc2ncccc12. The quantitative estimate of drug-likeness (QED) is 0.680. The van der Waals surface area contributed by atoms with Gasteiger partial charge in [0.1, 0.15) is 5.75 Å². The molecule has 1 aromatic carbocycles. The number of benzene rings is 1. The summed E-state index contributed by atoms with van der Waals surface area (Å²) in [6.45, 7) is 0. The molecule has 114 valence electrons. The summed E-state index contributed by atoms with van der Waals surface area (Å²) in [6.07, 6.45) is -13.7. The van der Waals surface area contributed by atoms with Crippen molar-refractivity contribution in [3.05, 3.63) is 30.5 Å². The number of ether oxygens (including phenoxy) is 1. The average molecular weight is 310 g/mol.